The molecular formula is C53H55N3O12S. The minimum absolute atomic E-state index is 0.0209. The van der Waals surface area contributed by atoms with Crippen molar-refractivity contribution in [2.75, 3.05) is 13.7 Å². The third kappa shape index (κ3) is 13.5. The molecule has 0 aliphatic carbocycles. The van der Waals surface area contributed by atoms with Crippen molar-refractivity contribution in [3.05, 3.63) is 214 Å². The van der Waals surface area contributed by atoms with Crippen LogP contribution in [0.3, 0.4) is 0 Å². The van der Waals surface area contributed by atoms with Crippen molar-refractivity contribution in [3.8, 4) is 0 Å². The number of nitro benzene ring substituents is 1. The number of methoxy groups -OCH3 is 1. The minimum atomic E-state index is -5.02. The molecule has 0 saturated carbocycles. The van der Waals surface area contributed by atoms with Crippen LogP contribution < -0.4 is 5.32 Å². The molecule has 1 amide bonds. The van der Waals surface area contributed by atoms with Gasteiger partial charge in [0.15, 0.2) is 11.2 Å². The number of nitro groups is 1. The first-order valence-electron chi connectivity index (χ1n) is 22.5. The summed E-state index contributed by atoms with van der Waals surface area (Å²) >= 11 is 0. The van der Waals surface area contributed by atoms with Crippen LogP contribution in [-0.2, 0) is 80.9 Å². The lowest BCUT2D eigenvalue weighted by Gasteiger charge is -2.47. The number of para-hydroxylation sites is 1. The first-order valence-corrected chi connectivity index (χ1v) is 23.9. The van der Waals surface area contributed by atoms with Crippen molar-refractivity contribution < 1.29 is 51.4 Å². The van der Waals surface area contributed by atoms with Crippen LogP contribution in [0.15, 0.2) is 181 Å². The lowest BCUT2D eigenvalue weighted by Crippen LogP contribution is -2.64. The average molecular weight is 958 g/mol. The van der Waals surface area contributed by atoms with Crippen LogP contribution in [0.1, 0.15) is 34.7 Å². The highest BCUT2D eigenvalue weighted by Gasteiger charge is 2.51. The molecule has 1 fully saturated rings. The quantitative estimate of drug-likeness (QED) is 0.0379. The average Bonchev–Trinajstić information content (AvgIpc) is 3.38. The van der Waals surface area contributed by atoms with E-state index in [2.05, 4.69) is 5.32 Å². The summed E-state index contributed by atoms with van der Waals surface area (Å²) in [5, 5.41) is 15.2. The molecule has 1 aliphatic rings. The Bertz CT molecular complexity index is 2670. The van der Waals surface area contributed by atoms with Gasteiger partial charge in [-0.3, -0.25) is 14.9 Å². The van der Waals surface area contributed by atoms with Crippen molar-refractivity contribution in [3.63, 3.8) is 0 Å². The molecule has 0 spiro atoms. The number of rotatable bonds is 23. The lowest BCUT2D eigenvalue weighted by molar-refractivity contribution is -0.387. The summed E-state index contributed by atoms with van der Waals surface area (Å²) in [6.45, 7) is 0.963. The van der Waals surface area contributed by atoms with Gasteiger partial charge in [0, 0.05) is 19.7 Å². The summed E-state index contributed by atoms with van der Waals surface area (Å²) in [5.74, 6) is -1.65. The van der Waals surface area contributed by atoms with Crippen molar-refractivity contribution in [2.45, 2.75) is 87.5 Å². The Hall–Kier alpha value is -6.63. The smallest absolute Gasteiger partial charge is 0.328 e. The highest BCUT2D eigenvalue weighted by atomic mass is 32.2. The second-order valence-corrected chi connectivity index (χ2v) is 18.2. The summed E-state index contributed by atoms with van der Waals surface area (Å²) < 4.78 is 70.2. The molecule has 360 valence electrons. The maximum atomic E-state index is 15.5. The topological polar surface area (TPSA) is 182 Å². The summed E-state index contributed by atoms with van der Waals surface area (Å²) in [5.41, 5.74) is 3.02. The molecule has 0 unspecified atom stereocenters. The molecule has 7 rings (SSSR count). The molecule has 1 N–H and O–H groups in total. The van der Waals surface area contributed by atoms with E-state index in [0.29, 0.717) is 5.56 Å². The zero-order chi connectivity index (χ0) is 48.6. The number of amides is 1. The van der Waals surface area contributed by atoms with Gasteiger partial charge in [0.1, 0.15) is 43.1 Å². The predicted molar refractivity (Wildman–Crippen MR) is 255 cm³/mol. The molecule has 16 heteroatoms. The fraction of sp³-hybridized carbons (Fsp3) is 0.283. The largest absolute Gasteiger partial charge is 0.459 e. The highest BCUT2D eigenvalue weighted by molar-refractivity contribution is 7.89. The van der Waals surface area contributed by atoms with E-state index in [9.17, 15) is 19.7 Å². The number of hydrogen-bond acceptors (Lipinski definition) is 12. The predicted octanol–water partition coefficient (Wildman–Crippen LogP) is 7.57. The zero-order valence-corrected chi connectivity index (χ0v) is 39.0. The Morgan fingerprint density at radius 2 is 1.07 bits per heavy atom. The number of carbonyl (C=O) groups is 2. The molecule has 15 nitrogen and oxygen atoms in total. The van der Waals surface area contributed by atoms with Crippen LogP contribution in [0.4, 0.5) is 5.69 Å². The fourth-order valence-corrected chi connectivity index (χ4v) is 9.75. The Kier molecular flexibility index (Phi) is 17.9. The molecule has 1 saturated heterocycles. The van der Waals surface area contributed by atoms with E-state index in [1.54, 1.807) is 54.6 Å². The monoisotopic (exact) mass is 957 g/mol. The van der Waals surface area contributed by atoms with Gasteiger partial charge in [-0.2, -0.15) is 4.31 Å². The normalized spacial score (nSPS) is 19.0. The van der Waals surface area contributed by atoms with Gasteiger partial charge >= 0.3 is 5.97 Å². The van der Waals surface area contributed by atoms with E-state index in [1.165, 1.54) is 26.2 Å². The Morgan fingerprint density at radius 1 is 0.638 bits per heavy atom. The van der Waals surface area contributed by atoms with Crippen LogP contribution in [0.5, 0.6) is 0 Å². The van der Waals surface area contributed by atoms with Crippen molar-refractivity contribution in [2.24, 2.45) is 0 Å². The molecule has 0 bridgehead atoms. The van der Waals surface area contributed by atoms with Gasteiger partial charge in [0.25, 0.3) is 15.7 Å². The number of nitrogens with one attached hydrogen (secondary N) is 1. The number of benzene rings is 6. The van der Waals surface area contributed by atoms with Gasteiger partial charge in [0.05, 0.1) is 24.7 Å². The Labute approximate surface area is 402 Å². The lowest BCUT2D eigenvalue weighted by atomic mass is 9.96. The zero-order valence-electron chi connectivity index (χ0n) is 38.2. The van der Waals surface area contributed by atoms with Crippen LogP contribution in [0.2, 0.25) is 0 Å². The number of nitrogens with zero attached hydrogens (tertiary/aromatic N) is 2. The SMILES string of the molecule is CO[C@H]1O[C@H](CN([C@@H](Cc2ccccc2)C(=O)N[C@@H](C)C(=O)OCc2ccccc2)S(=O)(=O)c2ccccc2[N+](=O)[O-])[C@@H](OCc2ccccc2)[C@H](OCc2ccccc2)[C@H]1OCc1ccccc1. The van der Waals surface area contributed by atoms with E-state index < -0.39 is 86.7 Å². The molecule has 69 heavy (non-hydrogen) atoms. The maximum absolute atomic E-state index is 15.5. The fourth-order valence-electron chi connectivity index (χ4n) is 7.99. The van der Waals surface area contributed by atoms with E-state index in [0.717, 1.165) is 38.7 Å². The van der Waals surface area contributed by atoms with Crippen molar-refractivity contribution in [1.82, 2.24) is 9.62 Å². The van der Waals surface area contributed by atoms with Crippen LogP contribution >= 0.6 is 0 Å². The van der Waals surface area contributed by atoms with Gasteiger partial charge in [-0.05, 0) is 47.2 Å². The van der Waals surface area contributed by atoms with Crippen LogP contribution in [0.25, 0.3) is 0 Å². The molecule has 6 aromatic carbocycles. The summed E-state index contributed by atoms with van der Waals surface area (Å²) in [4.78, 5) is 39.4. The maximum Gasteiger partial charge on any atom is 0.328 e. The molecule has 1 aliphatic heterocycles. The minimum Gasteiger partial charge on any atom is -0.459 e. The van der Waals surface area contributed by atoms with Gasteiger partial charge in [0.2, 0.25) is 5.91 Å². The number of ether oxygens (including phenoxy) is 6. The Balaban J connectivity index is 1.32. The molecular weight excluding hydrogens is 903 g/mol. The number of sulfonamides is 1. The summed E-state index contributed by atoms with van der Waals surface area (Å²) in [7, 11) is -3.60. The first-order chi connectivity index (χ1) is 33.5. The van der Waals surface area contributed by atoms with Crippen LogP contribution in [-0.4, -0.2) is 86.0 Å². The number of hydrogen-bond donors (Lipinski definition) is 1. The molecule has 6 aromatic rings. The van der Waals surface area contributed by atoms with E-state index in [1.807, 2.05) is 97.1 Å². The summed E-state index contributed by atoms with van der Waals surface area (Å²) in [6, 6.07) is 47.9. The van der Waals surface area contributed by atoms with E-state index in [-0.39, 0.29) is 32.8 Å². The number of carbonyl (C=O) groups excluding carboxylic acids is 2. The molecule has 7 atom stereocenters. The van der Waals surface area contributed by atoms with Crippen LogP contribution in [0, 0.1) is 10.1 Å². The van der Waals surface area contributed by atoms with Crippen molar-refractivity contribution in [1.29, 1.82) is 0 Å². The third-order valence-corrected chi connectivity index (χ3v) is 13.5. The molecule has 1 heterocycles. The second kappa shape index (κ2) is 24.6. The van der Waals surface area contributed by atoms with Crippen molar-refractivity contribution >= 4 is 27.6 Å². The Morgan fingerprint density at radius 3 is 1.57 bits per heavy atom. The molecule has 0 radical (unpaired) electrons. The van der Waals surface area contributed by atoms with Gasteiger partial charge in [-0.25, -0.2) is 13.2 Å². The third-order valence-electron chi connectivity index (χ3n) is 11.5. The van der Waals surface area contributed by atoms with E-state index in [4.69, 9.17) is 28.4 Å². The molecule has 0 aromatic heterocycles. The highest BCUT2D eigenvalue weighted by Crippen LogP contribution is 2.35. The number of esters is 1. The second-order valence-electron chi connectivity index (χ2n) is 16.4. The van der Waals surface area contributed by atoms with Gasteiger partial charge in [-0.15, -0.1) is 0 Å². The van der Waals surface area contributed by atoms with Gasteiger partial charge in [-0.1, -0.05) is 164 Å². The first kappa shape index (κ1) is 50.3. The summed E-state index contributed by atoms with van der Waals surface area (Å²) in [6.07, 6.45) is -5.79. The van der Waals surface area contributed by atoms with E-state index >= 15 is 8.42 Å². The standard InChI is InChI=1S/C53H55N3O12S/c1-38(52(58)67-37-43-28-16-7-17-29-43)54-51(57)45(32-39-20-8-3-9-21-39)55(69(61,62)47-31-19-18-30-44(47)56(59)60)33-46-48(64-34-40-22-10-4-11-23-40)49(65-35-41-24-12-5-13-25-41)50(53(63-2)68-46)66-36-42-26-14-6-15-27-42/h3-31,38,45-46,48-50,53H,32-37H2,1-2H3,(H,54,57)/t38-,45-,46+,48+,49-,50+,53-/m0/s1. The van der Waals surface area contributed by atoms with Gasteiger partial charge < -0.3 is 33.7 Å².